The van der Waals surface area contributed by atoms with E-state index in [1.54, 1.807) is 23.3 Å². The number of methoxy groups -OCH3 is 1. The molecule has 0 aliphatic carbocycles. The second-order valence-corrected chi connectivity index (χ2v) is 5.13. The summed E-state index contributed by atoms with van der Waals surface area (Å²) < 4.78 is 5.15. The molecule has 3 rings (SSSR count). The summed E-state index contributed by atoms with van der Waals surface area (Å²) in [6.07, 6.45) is 1.60. The van der Waals surface area contributed by atoms with Crippen LogP contribution in [0, 0.1) is 0 Å². The molecule has 0 spiro atoms. The van der Waals surface area contributed by atoms with Crippen LogP contribution >= 0.6 is 0 Å². The molecule has 2 aromatic carbocycles. The Morgan fingerprint density at radius 2 is 1.52 bits per heavy atom. The van der Waals surface area contributed by atoms with E-state index in [9.17, 15) is 4.79 Å². The highest BCUT2D eigenvalue weighted by molar-refractivity contribution is 5.92. The zero-order chi connectivity index (χ0) is 17.5. The van der Waals surface area contributed by atoms with E-state index in [0.29, 0.717) is 11.6 Å². The van der Waals surface area contributed by atoms with Gasteiger partial charge in [0.25, 0.3) is 0 Å². The number of hydrazine groups is 1. The fourth-order valence-electron chi connectivity index (χ4n) is 2.33. The van der Waals surface area contributed by atoms with E-state index in [1.165, 1.54) is 7.11 Å². The molecule has 1 aromatic heterocycles. The van der Waals surface area contributed by atoms with Crippen LogP contribution in [0.3, 0.4) is 0 Å². The molecule has 6 nitrogen and oxygen atoms in total. The third-order valence-corrected chi connectivity index (χ3v) is 3.45. The molecule has 2 amide bonds. The van der Waals surface area contributed by atoms with E-state index in [2.05, 4.69) is 15.7 Å². The maximum absolute atomic E-state index is 12.5. The van der Waals surface area contributed by atoms with Crippen molar-refractivity contribution in [1.29, 1.82) is 0 Å². The van der Waals surface area contributed by atoms with Gasteiger partial charge in [-0.2, -0.15) is 0 Å². The van der Waals surface area contributed by atoms with Gasteiger partial charge in [-0.05, 0) is 36.4 Å². The first kappa shape index (κ1) is 16.3. The van der Waals surface area contributed by atoms with E-state index in [0.717, 1.165) is 11.4 Å². The lowest BCUT2D eigenvalue weighted by Crippen LogP contribution is -2.41. The maximum atomic E-state index is 12.5. The van der Waals surface area contributed by atoms with Crippen LogP contribution in [0.5, 0.6) is 5.88 Å². The molecule has 0 saturated carbocycles. The van der Waals surface area contributed by atoms with Crippen molar-refractivity contribution in [3.63, 3.8) is 0 Å². The van der Waals surface area contributed by atoms with Gasteiger partial charge in [0.05, 0.1) is 18.5 Å². The van der Waals surface area contributed by atoms with Gasteiger partial charge < -0.3 is 10.1 Å². The SMILES string of the molecule is COc1ncccc1NC(=O)NN(c1ccccc1)c1ccccc1. The normalized spacial score (nSPS) is 9.96. The summed E-state index contributed by atoms with van der Waals surface area (Å²) in [5.41, 5.74) is 5.01. The fourth-order valence-corrected chi connectivity index (χ4v) is 2.33. The third-order valence-electron chi connectivity index (χ3n) is 3.45. The van der Waals surface area contributed by atoms with Gasteiger partial charge >= 0.3 is 6.03 Å². The number of nitrogens with zero attached hydrogens (tertiary/aromatic N) is 2. The van der Waals surface area contributed by atoms with Crippen LogP contribution < -0.4 is 20.5 Å². The molecule has 0 bridgehead atoms. The number of ether oxygens (including phenoxy) is 1. The number of nitrogens with one attached hydrogen (secondary N) is 2. The molecule has 0 saturated heterocycles. The predicted octanol–water partition coefficient (Wildman–Crippen LogP) is 3.97. The van der Waals surface area contributed by atoms with Gasteiger partial charge in [0, 0.05) is 6.20 Å². The lowest BCUT2D eigenvalue weighted by atomic mass is 10.2. The molecular formula is C19H18N4O2. The van der Waals surface area contributed by atoms with Gasteiger partial charge in [0.1, 0.15) is 5.69 Å². The lowest BCUT2D eigenvalue weighted by molar-refractivity contribution is 0.252. The summed E-state index contributed by atoms with van der Waals surface area (Å²) in [7, 11) is 1.51. The number of anilines is 3. The molecular weight excluding hydrogens is 316 g/mol. The Hall–Kier alpha value is -3.54. The van der Waals surface area contributed by atoms with Crippen LogP contribution in [0.2, 0.25) is 0 Å². The van der Waals surface area contributed by atoms with Crippen LogP contribution in [0.25, 0.3) is 0 Å². The van der Waals surface area contributed by atoms with Crippen molar-refractivity contribution >= 4 is 23.1 Å². The van der Waals surface area contributed by atoms with E-state index in [-0.39, 0.29) is 0 Å². The highest BCUT2D eigenvalue weighted by atomic mass is 16.5. The minimum absolute atomic E-state index is 0.351. The molecule has 1 heterocycles. The van der Waals surface area contributed by atoms with Crippen molar-refractivity contribution in [2.24, 2.45) is 0 Å². The molecule has 0 fully saturated rings. The number of urea groups is 1. The number of pyridine rings is 1. The molecule has 6 heteroatoms. The number of aromatic nitrogens is 1. The van der Waals surface area contributed by atoms with Crippen molar-refractivity contribution in [3.8, 4) is 5.88 Å². The number of hydrogen-bond donors (Lipinski definition) is 2. The smallest absolute Gasteiger partial charge is 0.338 e. The average Bonchev–Trinajstić information content (AvgIpc) is 2.68. The summed E-state index contributed by atoms with van der Waals surface area (Å²) in [5.74, 6) is 0.351. The summed E-state index contributed by atoms with van der Waals surface area (Å²) >= 11 is 0. The van der Waals surface area contributed by atoms with Crippen molar-refractivity contribution in [2.45, 2.75) is 0 Å². The minimum Gasteiger partial charge on any atom is -0.480 e. The Balaban J connectivity index is 1.82. The molecule has 0 aliphatic rings. The molecule has 126 valence electrons. The van der Waals surface area contributed by atoms with Crippen molar-refractivity contribution < 1.29 is 9.53 Å². The van der Waals surface area contributed by atoms with Crippen LogP contribution in [0.15, 0.2) is 79.0 Å². The molecule has 0 atom stereocenters. The van der Waals surface area contributed by atoms with E-state index in [4.69, 9.17) is 4.74 Å². The first-order chi connectivity index (χ1) is 12.3. The zero-order valence-electron chi connectivity index (χ0n) is 13.7. The molecule has 25 heavy (non-hydrogen) atoms. The van der Waals surface area contributed by atoms with Gasteiger partial charge in [-0.25, -0.2) is 15.2 Å². The first-order valence-electron chi connectivity index (χ1n) is 7.75. The maximum Gasteiger partial charge on any atom is 0.338 e. The number of hydrogen-bond acceptors (Lipinski definition) is 4. The number of carbonyl (C=O) groups is 1. The van der Waals surface area contributed by atoms with Gasteiger partial charge in [-0.15, -0.1) is 0 Å². The van der Waals surface area contributed by atoms with Crippen molar-refractivity contribution in [3.05, 3.63) is 79.0 Å². The molecule has 2 N–H and O–H groups in total. The molecule has 0 radical (unpaired) electrons. The third kappa shape index (κ3) is 4.06. The Morgan fingerprint density at radius 1 is 0.920 bits per heavy atom. The van der Waals surface area contributed by atoms with Crippen LogP contribution in [0.4, 0.5) is 21.9 Å². The number of carbonyl (C=O) groups excluding carboxylic acids is 1. The quantitative estimate of drug-likeness (QED) is 0.693. The second-order valence-electron chi connectivity index (χ2n) is 5.13. The van der Waals surface area contributed by atoms with Gasteiger partial charge in [-0.3, -0.25) is 5.01 Å². The highest BCUT2D eigenvalue weighted by Crippen LogP contribution is 2.23. The number of rotatable bonds is 5. The van der Waals surface area contributed by atoms with E-state index < -0.39 is 6.03 Å². The zero-order valence-corrected chi connectivity index (χ0v) is 13.7. The summed E-state index contributed by atoms with van der Waals surface area (Å²) in [6.45, 7) is 0. The minimum atomic E-state index is -0.404. The number of amides is 2. The lowest BCUT2D eigenvalue weighted by Gasteiger charge is -2.25. The summed E-state index contributed by atoms with van der Waals surface area (Å²) in [6, 6.07) is 22.2. The number of benzene rings is 2. The van der Waals surface area contributed by atoms with Gasteiger partial charge in [0.15, 0.2) is 0 Å². The monoisotopic (exact) mass is 334 g/mol. The highest BCUT2D eigenvalue weighted by Gasteiger charge is 2.14. The molecule has 0 unspecified atom stereocenters. The number of para-hydroxylation sites is 2. The summed E-state index contributed by atoms with van der Waals surface area (Å²) in [5, 5.41) is 4.46. The van der Waals surface area contributed by atoms with Crippen molar-refractivity contribution in [2.75, 3.05) is 17.4 Å². The van der Waals surface area contributed by atoms with E-state index in [1.807, 2.05) is 60.7 Å². The molecule has 3 aromatic rings. The average molecular weight is 334 g/mol. The summed E-state index contributed by atoms with van der Waals surface area (Å²) in [4.78, 5) is 16.6. The van der Waals surface area contributed by atoms with Crippen LogP contribution in [-0.4, -0.2) is 18.1 Å². The van der Waals surface area contributed by atoms with Crippen LogP contribution in [-0.2, 0) is 0 Å². The van der Waals surface area contributed by atoms with Crippen molar-refractivity contribution in [1.82, 2.24) is 10.4 Å². The topological polar surface area (TPSA) is 66.5 Å². The standard InChI is InChI=1S/C19H18N4O2/c1-25-18-17(13-8-14-20-18)21-19(24)22-23(15-9-4-2-5-10-15)16-11-6-3-7-12-16/h2-14H,1H3,(H2,21,22,24). The van der Waals surface area contributed by atoms with Crippen LogP contribution in [0.1, 0.15) is 0 Å². The molecule has 0 aliphatic heterocycles. The Labute approximate surface area is 146 Å². The first-order valence-corrected chi connectivity index (χ1v) is 7.75. The second kappa shape index (κ2) is 7.83. The Morgan fingerprint density at radius 3 is 2.08 bits per heavy atom. The van der Waals surface area contributed by atoms with E-state index >= 15 is 0 Å². The Kier molecular flexibility index (Phi) is 5.11. The Bertz CT molecular complexity index is 786. The van der Waals surface area contributed by atoms with Gasteiger partial charge in [0.2, 0.25) is 5.88 Å². The predicted molar refractivity (Wildman–Crippen MR) is 98.0 cm³/mol. The largest absolute Gasteiger partial charge is 0.480 e. The fraction of sp³-hybridized carbons (Fsp3) is 0.0526. The van der Waals surface area contributed by atoms with Gasteiger partial charge in [-0.1, -0.05) is 36.4 Å².